The van der Waals surface area contributed by atoms with E-state index in [1.54, 1.807) is 13.1 Å². The maximum absolute atomic E-state index is 10.7. The van der Waals surface area contributed by atoms with E-state index in [1.165, 1.54) is 11.3 Å². The minimum absolute atomic E-state index is 0.560. The lowest BCUT2D eigenvalue weighted by Crippen LogP contribution is -2.59. The van der Waals surface area contributed by atoms with Gasteiger partial charge in [0.25, 0.3) is 0 Å². The zero-order chi connectivity index (χ0) is 11.6. The number of thiazole rings is 1. The van der Waals surface area contributed by atoms with Gasteiger partial charge in [0, 0.05) is 37.8 Å². The Morgan fingerprint density at radius 1 is 1.56 bits per heavy atom. The molecule has 1 aromatic rings. The van der Waals surface area contributed by atoms with E-state index >= 15 is 0 Å². The predicted octanol–water partition coefficient (Wildman–Crippen LogP) is -0.426. The van der Waals surface area contributed by atoms with Crippen LogP contribution in [-0.2, 0) is 5.72 Å². The van der Waals surface area contributed by atoms with Crippen LogP contribution in [0.5, 0.6) is 0 Å². The van der Waals surface area contributed by atoms with Gasteiger partial charge in [0.05, 0.1) is 0 Å². The van der Waals surface area contributed by atoms with Gasteiger partial charge in [0.15, 0.2) is 5.72 Å². The number of rotatable bonds is 3. The first-order chi connectivity index (χ1) is 7.65. The van der Waals surface area contributed by atoms with Gasteiger partial charge in [-0.25, -0.2) is 4.98 Å². The highest BCUT2D eigenvalue weighted by Gasteiger charge is 2.43. The van der Waals surface area contributed by atoms with E-state index in [1.807, 2.05) is 10.3 Å². The van der Waals surface area contributed by atoms with E-state index in [0.29, 0.717) is 18.1 Å². The van der Waals surface area contributed by atoms with Crippen molar-refractivity contribution in [2.24, 2.45) is 0 Å². The summed E-state index contributed by atoms with van der Waals surface area (Å²) in [5.74, 6) is 0. The van der Waals surface area contributed by atoms with Gasteiger partial charge in [-0.15, -0.1) is 11.3 Å². The third kappa shape index (κ3) is 1.99. The monoisotopic (exact) mass is 243 g/mol. The number of aliphatic hydroxyl groups excluding tert-OH is 1. The van der Waals surface area contributed by atoms with Crippen LogP contribution >= 0.6 is 11.3 Å². The molecule has 1 fully saturated rings. The van der Waals surface area contributed by atoms with Crippen molar-refractivity contribution in [2.75, 3.05) is 26.2 Å². The fraction of sp³-hybridized carbons (Fsp3) is 0.700. The van der Waals surface area contributed by atoms with Gasteiger partial charge in [0.2, 0.25) is 0 Å². The van der Waals surface area contributed by atoms with E-state index < -0.39 is 11.8 Å². The number of piperazine rings is 1. The second-order valence-electron chi connectivity index (χ2n) is 3.98. The molecule has 0 aromatic carbocycles. The normalized spacial score (nSPS) is 23.9. The summed E-state index contributed by atoms with van der Waals surface area (Å²) >= 11 is 1.37. The molecule has 0 spiro atoms. The lowest BCUT2D eigenvalue weighted by Gasteiger charge is -2.42. The summed E-state index contributed by atoms with van der Waals surface area (Å²) in [6, 6.07) is 0. The summed E-state index contributed by atoms with van der Waals surface area (Å²) in [7, 11) is 0. The second-order valence-corrected chi connectivity index (χ2v) is 4.87. The minimum Gasteiger partial charge on any atom is -0.388 e. The van der Waals surface area contributed by atoms with E-state index in [2.05, 4.69) is 10.3 Å². The smallest absolute Gasteiger partial charge is 0.197 e. The SMILES string of the molecule is CC(O)C(O)(c1nccs1)N1CCNCC1. The van der Waals surface area contributed by atoms with Crippen LogP contribution in [0, 0.1) is 0 Å². The molecule has 5 nitrogen and oxygen atoms in total. The molecule has 3 N–H and O–H groups in total. The van der Waals surface area contributed by atoms with Crippen molar-refractivity contribution in [1.29, 1.82) is 0 Å². The summed E-state index contributed by atoms with van der Waals surface area (Å²) in [5, 5.41) is 26.1. The highest BCUT2D eigenvalue weighted by molar-refractivity contribution is 7.09. The van der Waals surface area contributed by atoms with Gasteiger partial charge in [-0.05, 0) is 6.92 Å². The number of nitrogens with zero attached hydrogens (tertiary/aromatic N) is 2. The predicted molar refractivity (Wildman–Crippen MR) is 62.1 cm³/mol. The average Bonchev–Trinajstić information content (AvgIpc) is 2.82. The number of aromatic nitrogens is 1. The molecule has 0 saturated carbocycles. The zero-order valence-electron chi connectivity index (χ0n) is 9.26. The quantitative estimate of drug-likeness (QED) is 0.672. The van der Waals surface area contributed by atoms with E-state index in [9.17, 15) is 10.2 Å². The van der Waals surface area contributed by atoms with Crippen molar-refractivity contribution in [3.05, 3.63) is 16.6 Å². The topological polar surface area (TPSA) is 68.6 Å². The van der Waals surface area contributed by atoms with Crippen LogP contribution in [0.15, 0.2) is 11.6 Å². The van der Waals surface area contributed by atoms with Crippen LogP contribution in [0.4, 0.5) is 0 Å². The Bertz CT molecular complexity index is 325. The Morgan fingerprint density at radius 2 is 2.25 bits per heavy atom. The highest BCUT2D eigenvalue weighted by Crippen LogP contribution is 2.31. The van der Waals surface area contributed by atoms with Gasteiger partial charge in [0.1, 0.15) is 11.1 Å². The summed E-state index contributed by atoms with van der Waals surface area (Å²) in [6.45, 7) is 4.66. The van der Waals surface area contributed by atoms with Gasteiger partial charge in [-0.1, -0.05) is 0 Å². The first kappa shape index (κ1) is 11.9. The molecule has 1 aromatic heterocycles. The Kier molecular flexibility index (Phi) is 3.56. The Hall–Kier alpha value is -0.530. The number of aliphatic hydroxyl groups is 2. The van der Waals surface area contributed by atoms with E-state index in [-0.39, 0.29) is 0 Å². The zero-order valence-corrected chi connectivity index (χ0v) is 10.1. The molecule has 0 aliphatic carbocycles. The first-order valence-electron chi connectivity index (χ1n) is 5.42. The number of hydrogen-bond acceptors (Lipinski definition) is 6. The summed E-state index contributed by atoms with van der Waals surface area (Å²) in [4.78, 5) is 6.01. The third-order valence-corrected chi connectivity index (χ3v) is 3.82. The molecule has 6 heteroatoms. The lowest BCUT2D eigenvalue weighted by atomic mass is 10.1. The van der Waals surface area contributed by atoms with Crippen molar-refractivity contribution in [1.82, 2.24) is 15.2 Å². The van der Waals surface area contributed by atoms with Crippen molar-refractivity contribution in [3.8, 4) is 0 Å². The first-order valence-corrected chi connectivity index (χ1v) is 6.30. The Balaban J connectivity index is 2.27. The molecule has 1 saturated heterocycles. The van der Waals surface area contributed by atoms with Crippen molar-refractivity contribution in [2.45, 2.75) is 18.8 Å². The molecule has 1 aliphatic rings. The summed E-state index contributed by atoms with van der Waals surface area (Å²) < 4.78 is 0. The van der Waals surface area contributed by atoms with Crippen LogP contribution in [0.1, 0.15) is 11.9 Å². The van der Waals surface area contributed by atoms with Crippen LogP contribution in [0.2, 0.25) is 0 Å². The molecule has 2 atom stereocenters. The summed E-state index contributed by atoms with van der Waals surface area (Å²) in [5.41, 5.74) is -1.35. The number of nitrogens with one attached hydrogen (secondary N) is 1. The van der Waals surface area contributed by atoms with Gasteiger partial charge in [-0.2, -0.15) is 0 Å². The molecule has 16 heavy (non-hydrogen) atoms. The van der Waals surface area contributed by atoms with Crippen molar-refractivity contribution in [3.63, 3.8) is 0 Å². The Labute approximate surface area is 98.7 Å². The summed E-state index contributed by atoms with van der Waals surface area (Å²) in [6.07, 6.45) is 0.784. The molecule has 0 radical (unpaired) electrons. The van der Waals surface area contributed by atoms with Crippen LogP contribution in [-0.4, -0.2) is 52.4 Å². The third-order valence-electron chi connectivity index (χ3n) is 2.93. The van der Waals surface area contributed by atoms with Crippen LogP contribution in [0.25, 0.3) is 0 Å². The largest absolute Gasteiger partial charge is 0.388 e. The molecule has 90 valence electrons. The van der Waals surface area contributed by atoms with Gasteiger partial charge in [-0.3, -0.25) is 4.90 Å². The molecule has 2 unspecified atom stereocenters. The number of hydrogen-bond donors (Lipinski definition) is 3. The van der Waals surface area contributed by atoms with Crippen molar-refractivity contribution < 1.29 is 10.2 Å². The van der Waals surface area contributed by atoms with Crippen LogP contribution in [0.3, 0.4) is 0 Å². The Morgan fingerprint density at radius 3 is 2.75 bits per heavy atom. The standard InChI is InChI=1S/C10H17N3O2S/c1-8(14)10(15,9-12-4-7-16-9)13-5-2-11-3-6-13/h4,7-8,11,14-15H,2-3,5-6H2,1H3. The van der Waals surface area contributed by atoms with Gasteiger partial charge < -0.3 is 15.5 Å². The fourth-order valence-electron chi connectivity index (χ4n) is 1.99. The maximum Gasteiger partial charge on any atom is 0.197 e. The average molecular weight is 243 g/mol. The molecular formula is C10H17N3O2S. The van der Waals surface area contributed by atoms with E-state index in [0.717, 1.165) is 13.1 Å². The maximum atomic E-state index is 10.7. The van der Waals surface area contributed by atoms with E-state index in [4.69, 9.17) is 0 Å². The highest BCUT2D eigenvalue weighted by atomic mass is 32.1. The molecule has 0 bridgehead atoms. The van der Waals surface area contributed by atoms with Crippen molar-refractivity contribution >= 4 is 11.3 Å². The molecular weight excluding hydrogens is 226 g/mol. The molecule has 0 amide bonds. The molecule has 1 aliphatic heterocycles. The lowest BCUT2D eigenvalue weighted by molar-refractivity contribution is -0.185. The van der Waals surface area contributed by atoms with Crippen LogP contribution < -0.4 is 5.32 Å². The second kappa shape index (κ2) is 4.77. The van der Waals surface area contributed by atoms with Gasteiger partial charge >= 0.3 is 0 Å². The minimum atomic E-state index is -1.35. The fourth-order valence-corrected chi connectivity index (χ4v) is 2.83. The molecule has 2 rings (SSSR count). The molecule has 2 heterocycles.